The first-order chi connectivity index (χ1) is 9.00. The largest absolute Gasteiger partial charge is 0.421 e. The van der Waals surface area contributed by atoms with E-state index in [1.165, 1.54) is 4.40 Å². The molecule has 0 aliphatic heterocycles. The Labute approximate surface area is 107 Å². The highest BCUT2D eigenvalue weighted by Crippen LogP contribution is 2.36. The summed E-state index contributed by atoms with van der Waals surface area (Å²) >= 11 is 0. The van der Waals surface area contributed by atoms with E-state index in [0.717, 1.165) is 18.9 Å². The van der Waals surface area contributed by atoms with Gasteiger partial charge in [0.2, 0.25) is 0 Å². The summed E-state index contributed by atoms with van der Waals surface area (Å²) in [4.78, 5) is 0. The third-order valence-electron chi connectivity index (χ3n) is 3.18. The molecule has 0 aromatic carbocycles. The quantitative estimate of drug-likeness (QED) is 0.854. The predicted octanol–water partition coefficient (Wildman–Crippen LogP) is 2.94. The molecule has 6 heteroatoms. The van der Waals surface area contributed by atoms with Crippen LogP contribution in [0.25, 0.3) is 11.7 Å². The van der Waals surface area contributed by atoms with Gasteiger partial charge >= 0.3 is 6.18 Å². The zero-order valence-corrected chi connectivity index (χ0v) is 9.96. The monoisotopic (exact) mass is 265 g/mol. The number of fused-ring (bicyclic) bond motifs is 1. The standard InChI is InChI=1S/C13H10F3N3/c1-2-9-5-6-19-10(7-8-3-4-8)17-18-12(19)11(9)13(14,15)16/h2,8H,1,3-4,7H2. The van der Waals surface area contributed by atoms with Crippen molar-refractivity contribution < 1.29 is 13.2 Å². The van der Waals surface area contributed by atoms with Gasteiger partial charge in [-0.15, -0.1) is 10.2 Å². The molecule has 19 heavy (non-hydrogen) atoms. The summed E-state index contributed by atoms with van der Waals surface area (Å²) in [5, 5.41) is 7.52. The van der Waals surface area contributed by atoms with E-state index in [0.29, 0.717) is 18.2 Å². The highest BCUT2D eigenvalue weighted by Gasteiger charge is 2.37. The molecule has 1 aliphatic rings. The molecule has 98 valence electrons. The van der Waals surface area contributed by atoms with Gasteiger partial charge in [-0.25, -0.2) is 4.40 Å². The molecule has 0 bridgehead atoms. The smallest absolute Gasteiger partial charge is 0.235 e. The van der Waals surface area contributed by atoms with E-state index in [9.17, 15) is 13.2 Å². The molecule has 1 saturated carbocycles. The van der Waals surface area contributed by atoms with Gasteiger partial charge in [-0.3, -0.25) is 0 Å². The number of halogens is 3. The van der Waals surface area contributed by atoms with E-state index >= 15 is 0 Å². The van der Waals surface area contributed by atoms with Crippen molar-refractivity contribution in [3.63, 3.8) is 0 Å². The molecule has 0 saturated heterocycles. The molecule has 2 heterocycles. The minimum atomic E-state index is -4.51. The Balaban J connectivity index is 2.19. The third kappa shape index (κ3) is 2.05. The van der Waals surface area contributed by atoms with E-state index < -0.39 is 11.7 Å². The Morgan fingerprint density at radius 2 is 2.11 bits per heavy atom. The molecule has 2 aromatic rings. The number of hydrogen-bond acceptors (Lipinski definition) is 2. The molecule has 3 nitrogen and oxygen atoms in total. The summed E-state index contributed by atoms with van der Waals surface area (Å²) in [6.45, 7) is 3.37. The second kappa shape index (κ2) is 3.98. The van der Waals surface area contributed by atoms with Crippen molar-refractivity contribution in [2.24, 2.45) is 5.92 Å². The van der Waals surface area contributed by atoms with Crippen LogP contribution in [0.3, 0.4) is 0 Å². The van der Waals surface area contributed by atoms with Gasteiger partial charge in [0.1, 0.15) is 11.4 Å². The third-order valence-corrected chi connectivity index (χ3v) is 3.18. The van der Waals surface area contributed by atoms with Crippen molar-refractivity contribution in [3.05, 3.63) is 35.8 Å². The molecule has 0 unspecified atom stereocenters. The van der Waals surface area contributed by atoms with E-state index in [2.05, 4.69) is 29.0 Å². The van der Waals surface area contributed by atoms with Crippen LogP contribution in [0.5, 0.6) is 0 Å². The van der Waals surface area contributed by atoms with E-state index in [4.69, 9.17) is 0 Å². The highest BCUT2D eigenvalue weighted by atomic mass is 19.4. The van der Waals surface area contributed by atoms with Gasteiger partial charge in [-0.2, -0.15) is 13.2 Å². The molecule has 2 aromatic heterocycles. The maximum atomic E-state index is 13.1. The predicted molar refractivity (Wildman–Crippen MR) is 62.2 cm³/mol. The van der Waals surface area contributed by atoms with Gasteiger partial charge in [0.25, 0.3) is 0 Å². The summed E-state index contributed by atoms with van der Waals surface area (Å²) in [5.74, 6) is 1.02. The van der Waals surface area contributed by atoms with Crippen molar-refractivity contribution in [1.29, 1.82) is 0 Å². The number of hydrogen-bond donors (Lipinski definition) is 0. The zero-order valence-electron chi connectivity index (χ0n) is 9.96. The number of rotatable bonds is 3. The van der Waals surface area contributed by atoms with Crippen LogP contribution in [0.15, 0.2) is 6.58 Å². The lowest BCUT2D eigenvalue weighted by atomic mass is 10.1. The molecule has 0 amide bonds. The van der Waals surface area contributed by atoms with Crippen molar-refractivity contribution in [1.82, 2.24) is 14.6 Å². The van der Waals surface area contributed by atoms with Crippen LogP contribution in [0, 0.1) is 18.2 Å². The second-order valence-corrected chi connectivity index (χ2v) is 4.65. The lowest BCUT2D eigenvalue weighted by Gasteiger charge is -2.08. The fourth-order valence-corrected chi connectivity index (χ4v) is 2.04. The first kappa shape index (κ1) is 12.0. The van der Waals surface area contributed by atoms with Crippen LogP contribution in [-0.4, -0.2) is 14.6 Å². The van der Waals surface area contributed by atoms with Crippen LogP contribution in [0.1, 0.15) is 29.8 Å². The van der Waals surface area contributed by atoms with Gasteiger partial charge in [-0.1, -0.05) is 12.7 Å². The SMILES string of the molecule is C=Cc1c#cn2c(CC3CC3)nnc2c1C(F)(F)F. The minimum Gasteiger partial charge on any atom is -0.235 e. The van der Waals surface area contributed by atoms with Crippen LogP contribution in [0.2, 0.25) is 0 Å². The topological polar surface area (TPSA) is 30.2 Å². The van der Waals surface area contributed by atoms with Crippen LogP contribution >= 0.6 is 0 Å². The van der Waals surface area contributed by atoms with Gasteiger partial charge in [-0.05, 0) is 24.8 Å². The Bertz CT molecular complexity index is 638. The van der Waals surface area contributed by atoms with Gasteiger partial charge in [0.05, 0.1) is 0 Å². The Morgan fingerprint density at radius 3 is 2.68 bits per heavy atom. The molecule has 1 aliphatic carbocycles. The van der Waals surface area contributed by atoms with Crippen LogP contribution in [-0.2, 0) is 12.6 Å². The first-order valence-corrected chi connectivity index (χ1v) is 5.91. The zero-order chi connectivity index (χ0) is 13.6. The summed E-state index contributed by atoms with van der Waals surface area (Å²) in [5.41, 5.74) is -1.22. The normalized spacial score (nSPS) is 15.5. The minimum absolute atomic E-state index is 0.148. The van der Waals surface area contributed by atoms with E-state index in [-0.39, 0.29) is 11.2 Å². The lowest BCUT2D eigenvalue weighted by Crippen LogP contribution is -2.10. The van der Waals surface area contributed by atoms with Crippen LogP contribution in [0.4, 0.5) is 13.2 Å². The van der Waals surface area contributed by atoms with E-state index in [1.54, 1.807) is 0 Å². The average Bonchev–Trinajstić information content (AvgIpc) is 3.07. The fourth-order valence-electron chi connectivity index (χ4n) is 2.04. The molecule has 0 atom stereocenters. The number of nitrogens with zero attached hydrogens (tertiary/aromatic N) is 3. The number of alkyl halides is 3. The molecule has 3 rings (SSSR count). The second-order valence-electron chi connectivity index (χ2n) is 4.65. The Morgan fingerprint density at radius 1 is 1.37 bits per heavy atom. The molecule has 0 radical (unpaired) electrons. The molecular formula is C13H10F3N3. The lowest BCUT2D eigenvalue weighted by molar-refractivity contribution is -0.136. The van der Waals surface area contributed by atoms with Gasteiger partial charge < -0.3 is 0 Å². The Kier molecular flexibility index (Phi) is 2.52. The number of aromatic nitrogens is 3. The van der Waals surface area contributed by atoms with Crippen LogP contribution < -0.4 is 0 Å². The van der Waals surface area contributed by atoms with E-state index in [1.807, 2.05) is 0 Å². The molecule has 0 spiro atoms. The molecule has 1 fully saturated rings. The van der Waals surface area contributed by atoms with Gasteiger partial charge in [0, 0.05) is 18.2 Å². The summed E-state index contributed by atoms with van der Waals surface area (Å²) < 4.78 is 40.5. The van der Waals surface area contributed by atoms with Crippen molar-refractivity contribution in [3.8, 4) is 0 Å². The summed E-state index contributed by atoms with van der Waals surface area (Å²) in [6.07, 6.45) is 2.07. The maximum Gasteiger partial charge on any atom is 0.421 e. The summed E-state index contributed by atoms with van der Waals surface area (Å²) in [7, 11) is 0. The fraction of sp³-hybridized carbons (Fsp3) is 0.385. The highest BCUT2D eigenvalue weighted by molar-refractivity contribution is 5.61. The van der Waals surface area contributed by atoms with Crippen molar-refractivity contribution in [2.45, 2.75) is 25.4 Å². The average molecular weight is 265 g/mol. The molecule has 0 N–H and O–H groups in total. The molecular weight excluding hydrogens is 255 g/mol. The first-order valence-electron chi connectivity index (χ1n) is 5.91. The van der Waals surface area contributed by atoms with Crippen molar-refractivity contribution in [2.75, 3.05) is 0 Å². The van der Waals surface area contributed by atoms with Crippen molar-refractivity contribution >= 4 is 11.7 Å². The Hall–Kier alpha value is -2.03. The van der Waals surface area contributed by atoms with Gasteiger partial charge in [0.15, 0.2) is 5.65 Å². The summed E-state index contributed by atoms with van der Waals surface area (Å²) in [6, 6.07) is 2.48. The maximum absolute atomic E-state index is 13.1.